The van der Waals surface area contributed by atoms with Crippen molar-refractivity contribution in [3.05, 3.63) is 42.0 Å². The van der Waals surface area contributed by atoms with Crippen LogP contribution in [0.4, 0.5) is 0 Å². The Labute approximate surface area is 208 Å². The van der Waals surface area contributed by atoms with Crippen molar-refractivity contribution in [1.29, 1.82) is 0 Å². The number of aromatic nitrogens is 3. The Morgan fingerprint density at radius 3 is 2.51 bits per heavy atom. The lowest BCUT2D eigenvalue weighted by Gasteiger charge is -2.25. The van der Waals surface area contributed by atoms with E-state index in [-0.39, 0.29) is 11.5 Å². The van der Waals surface area contributed by atoms with E-state index in [9.17, 15) is 4.79 Å². The molecule has 5 rings (SSSR count). The molecule has 1 saturated carbocycles. The molecule has 0 saturated heterocycles. The molecular formula is C26H29N3O5S. The van der Waals surface area contributed by atoms with Crippen molar-refractivity contribution in [2.45, 2.75) is 43.3 Å². The minimum Gasteiger partial charge on any atom is -0.493 e. The molecule has 1 aromatic heterocycles. The van der Waals surface area contributed by atoms with Gasteiger partial charge < -0.3 is 18.9 Å². The van der Waals surface area contributed by atoms with Gasteiger partial charge in [0.05, 0.1) is 20.0 Å². The average Bonchev–Trinajstić information content (AvgIpc) is 3.35. The highest BCUT2D eigenvalue weighted by molar-refractivity contribution is 7.99. The molecule has 0 amide bonds. The number of Topliss-reactive ketones (excluding diaryl/α,β-unsaturated/α-hetero) is 1. The summed E-state index contributed by atoms with van der Waals surface area (Å²) in [6.07, 6.45) is 5.74. The summed E-state index contributed by atoms with van der Waals surface area (Å²) in [4.78, 5) is 13.0. The number of hydrogen-bond donors (Lipinski definition) is 0. The van der Waals surface area contributed by atoms with E-state index in [1.807, 2.05) is 18.2 Å². The van der Waals surface area contributed by atoms with E-state index in [1.165, 1.54) is 31.0 Å². The molecule has 2 heterocycles. The third-order valence-electron chi connectivity index (χ3n) is 6.44. The molecule has 184 valence electrons. The Morgan fingerprint density at radius 2 is 1.74 bits per heavy atom. The minimum atomic E-state index is 0.0119. The van der Waals surface area contributed by atoms with Gasteiger partial charge in [0, 0.05) is 17.2 Å². The highest BCUT2D eigenvalue weighted by Crippen LogP contribution is 2.38. The molecular weight excluding hydrogens is 466 g/mol. The smallest absolute Gasteiger partial charge is 0.192 e. The highest BCUT2D eigenvalue weighted by atomic mass is 32.2. The van der Waals surface area contributed by atoms with E-state index in [1.54, 1.807) is 32.4 Å². The van der Waals surface area contributed by atoms with Gasteiger partial charge in [0.25, 0.3) is 0 Å². The molecule has 3 aromatic rings. The second kappa shape index (κ2) is 10.6. The van der Waals surface area contributed by atoms with Crippen molar-refractivity contribution in [1.82, 2.24) is 14.8 Å². The van der Waals surface area contributed by atoms with Crippen LogP contribution in [0.3, 0.4) is 0 Å². The van der Waals surface area contributed by atoms with Crippen molar-refractivity contribution < 1.29 is 23.7 Å². The van der Waals surface area contributed by atoms with Gasteiger partial charge in [-0.1, -0.05) is 31.0 Å². The van der Waals surface area contributed by atoms with Crippen LogP contribution in [0.25, 0.3) is 11.4 Å². The molecule has 2 aromatic carbocycles. The Hall–Kier alpha value is -3.20. The standard InChI is InChI=1S/C26H29N3O5S/c1-31-21-10-9-18(15-23(21)32-2)25-27-28-26(29(25)19-6-4-3-5-7-19)35-16-20(30)17-8-11-22-24(14-17)34-13-12-33-22/h8-11,14-15,19H,3-7,12-13,16H2,1-2H3. The van der Waals surface area contributed by atoms with E-state index >= 15 is 0 Å². The van der Waals surface area contributed by atoms with Crippen molar-refractivity contribution in [2.24, 2.45) is 0 Å². The van der Waals surface area contributed by atoms with Crippen LogP contribution in [0.5, 0.6) is 23.0 Å². The second-order valence-electron chi connectivity index (χ2n) is 8.61. The predicted molar refractivity (Wildman–Crippen MR) is 133 cm³/mol. The van der Waals surface area contributed by atoms with Crippen LogP contribution in [-0.2, 0) is 0 Å². The Bertz CT molecular complexity index is 1210. The number of ether oxygens (including phenoxy) is 4. The predicted octanol–water partition coefficient (Wildman–Crippen LogP) is 5.21. The van der Waals surface area contributed by atoms with E-state index in [2.05, 4.69) is 14.8 Å². The first-order valence-corrected chi connectivity index (χ1v) is 12.9. The summed E-state index contributed by atoms with van der Waals surface area (Å²) in [5, 5.41) is 9.81. The van der Waals surface area contributed by atoms with E-state index in [4.69, 9.17) is 18.9 Å². The zero-order valence-electron chi connectivity index (χ0n) is 20.0. The number of fused-ring (bicyclic) bond motifs is 1. The van der Waals surface area contributed by atoms with Gasteiger partial charge in [-0.2, -0.15) is 0 Å². The number of carbonyl (C=O) groups excluding carboxylic acids is 1. The number of benzene rings is 2. The number of thioether (sulfide) groups is 1. The van der Waals surface area contributed by atoms with Gasteiger partial charge in [0.2, 0.25) is 0 Å². The molecule has 9 heteroatoms. The summed E-state index contributed by atoms with van der Waals surface area (Å²) in [6, 6.07) is 11.4. The van der Waals surface area contributed by atoms with Crippen molar-refractivity contribution in [3.63, 3.8) is 0 Å². The van der Waals surface area contributed by atoms with E-state index < -0.39 is 0 Å². The molecule has 0 spiro atoms. The number of rotatable bonds is 8. The summed E-state index contributed by atoms with van der Waals surface area (Å²) in [6.45, 7) is 1.01. The van der Waals surface area contributed by atoms with Crippen molar-refractivity contribution in [2.75, 3.05) is 33.2 Å². The maximum Gasteiger partial charge on any atom is 0.192 e. The zero-order chi connectivity index (χ0) is 24.2. The maximum absolute atomic E-state index is 13.0. The van der Waals surface area contributed by atoms with Crippen molar-refractivity contribution in [3.8, 4) is 34.4 Å². The van der Waals surface area contributed by atoms with Crippen LogP contribution in [0, 0.1) is 0 Å². The molecule has 1 fully saturated rings. The lowest BCUT2D eigenvalue weighted by atomic mass is 9.95. The van der Waals surface area contributed by atoms with Gasteiger partial charge in [-0.05, 0) is 49.2 Å². The summed E-state index contributed by atoms with van der Waals surface area (Å²) in [5.41, 5.74) is 1.51. The van der Waals surface area contributed by atoms with Crippen LogP contribution in [-0.4, -0.2) is 53.7 Å². The van der Waals surface area contributed by atoms with Gasteiger partial charge in [-0.25, -0.2) is 0 Å². The lowest BCUT2D eigenvalue weighted by molar-refractivity contribution is 0.102. The molecule has 0 unspecified atom stereocenters. The van der Waals surface area contributed by atoms with Gasteiger partial charge in [0.15, 0.2) is 39.8 Å². The van der Waals surface area contributed by atoms with E-state index in [0.717, 1.165) is 29.4 Å². The summed E-state index contributed by atoms with van der Waals surface area (Å²) in [5.74, 6) is 3.66. The fourth-order valence-electron chi connectivity index (χ4n) is 4.65. The van der Waals surface area contributed by atoms with Crippen LogP contribution in [0.2, 0.25) is 0 Å². The highest BCUT2D eigenvalue weighted by Gasteiger charge is 2.25. The fraction of sp³-hybridized carbons (Fsp3) is 0.423. The Balaban J connectivity index is 1.41. The molecule has 0 bridgehead atoms. The SMILES string of the molecule is COc1ccc(-c2nnc(SCC(=O)c3ccc4c(c3)OCCO4)n2C2CCCCC2)cc1OC. The average molecular weight is 496 g/mol. The molecule has 2 aliphatic rings. The molecule has 35 heavy (non-hydrogen) atoms. The first-order valence-electron chi connectivity index (χ1n) is 11.9. The molecule has 1 aliphatic carbocycles. The first kappa shape index (κ1) is 23.5. The number of carbonyl (C=O) groups is 1. The quantitative estimate of drug-likeness (QED) is 0.311. The monoisotopic (exact) mass is 495 g/mol. The van der Waals surface area contributed by atoms with Crippen LogP contribution >= 0.6 is 11.8 Å². The minimum absolute atomic E-state index is 0.0119. The van der Waals surface area contributed by atoms with Gasteiger partial charge in [0.1, 0.15) is 13.2 Å². The zero-order valence-corrected chi connectivity index (χ0v) is 20.8. The molecule has 1 aliphatic heterocycles. The number of methoxy groups -OCH3 is 2. The van der Waals surface area contributed by atoms with Crippen LogP contribution in [0.15, 0.2) is 41.6 Å². The Morgan fingerprint density at radius 1 is 0.971 bits per heavy atom. The topological polar surface area (TPSA) is 84.7 Å². The number of nitrogens with zero attached hydrogens (tertiary/aromatic N) is 3. The van der Waals surface area contributed by atoms with Crippen LogP contribution in [0.1, 0.15) is 48.5 Å². The number of hydrogen-bond acceptors (Lipinski definition) is 8. The van der Waals surface area contributed by atoms with E-state index in [0.29, 0.717) is 47.8 Å². The first-order chi connectivity index (χ1) is 17.2. The summed E-state index contributed by atoms with van der Waals surface area (Å²) in [7, 11) is 3.24. The molecule has 0 radical (unpaired) electrons. The Kier molecular flexibility index (Phi) is 7.13. The summed E-state index contributed by atoms with van der Waals surface area (Å²) < 4.78 is 24.3. The summed E-state index contributed by atoms with van der Waals surface area (Å²) >= 11 is 1.43. The van der Waals surface area contributed by atoms with Crippen LogP contribution < -0.4 is 18.9 Å². The molecule has 8 nitrogen and oxygen atoms in total. The van der Waals surface area contributed by atoms with Crippen molar-refractivity contribution >= 4 is 17.5 Å². The molecule has 0 N–H and O–H groups in total. The maximum atomic E-state index is 13.0. The lowest BCUT2D eigenvalue weighted by Crippen LogP contribution is -2.16. The van der Waals surface area contributed by atoms with Gasteiger partial charge in [-0.15, -0.1) is 10.2 Å². The van der Waals surface area contributed by atoms with Gasteiger partial charge in [-0.3, -0.25) is 9.36 Å². The largest absolute Gasteiger partial charge is 0.493 e. The third-order valence-corrected chi connectivity index (χ3v) is 7.39. The third kappa shape index (κ3) is 4.96. The van der Waals surface area contributed by atoms with Gasteiger partial charge >= 0.3 is 0 Å². The molecule has 0 atom stereocenters. The normalized spacial score (nSPS) is 15.6. The fourth-order valence-corrected chi connectivity index (χ4v) is 5.55. The number of ketones is 1. The second-order valence-corrected chi connectivity index (χ2v) is 9.55.